The van der Waals surface area contributed by atoms with Gasteiger partial charge in [-0.05, 0) is 49.4 Å². The fourth-order valence-corrected chi connectivity index (χ4v) is 3.11. The third kappa shape index (κ3) is 4.73. The van der Waals surface area contributed by atoms with Gasteiger partial charge >= 0.3 is 0 Å². The van der Waals surface area contributed by atoms with Crippen LogP contribution < -0.4 is 10.2 Å². The molecule has 1 N–H and O–H groups in total. The predicted molar refractivity (Wildman–Crippen MR) is 89.4 cm³/mol. The molecule has 0 aliphatic heterocycles. The first-order valence-corrected chi connectivity index (χ1v) is 8.55. The third-order valence-corrected chi connectivity index (χ3v) is 4.40. The molecule has 1 rings (SSSR count). The van der Waals surface area contributed by atoms with Crippen LogP contribution in [0.5, 0.6) is 0 Å². The van der Waals surface area contributed by atoms with Gasteiger partial charge in [-0.25, -0.2) is 0 Å². The Hall–Kier alpha value is -0.670. The Labute approximate surface area is 123 Å². The number of thioether (sulfide) groups is 1. The van der Waals surface area contributed by atoms with E-state index < -0.39 is 0 Å². The maximum atomic E-state index is 3.39. The summed E-state index contributed by atoms with van der Waals surface area (Å²) in [4.78, 5) is 2.42. The lowest BCUT2D eigenvalue weighted by atomic mass is 10.1. The van der Waals surface area contributed by atoms with Crippen molar-refractivity contribution in [1.29, 1.82) is 0 Å². The van der Waals surface area contributed by atoms with Gasteiger partial charge in [0.2, 0.25) is 0 Å². The van der Waals surface area contributed by atoms with Crippen LogP contribution in [-0.4, -0.2) is 31.6 Å². The van der Waals surface area contributed by atoms with Crippen LogP contribution in [0.25, 0.3) is 0 Å². The molecule has 0 saturated carbocycles. The van der Waals surface area contributed by atoms with E-state index in [4.69, 9.17) is 0 Å². The third-order valence-electron chi connectivity index (χ3n) is 3.68. The van der Waals surface area contributed by atoms with Gasteiger partial charge in [-0.3, -0.25) is 0 Å². The summed E-state index contributed by atoms with van der Waals surface area (Å²) in [6, 6.07) is 7.45. The highest BCUT2D eigenvalue weighted by Gasteiger charge is 2.13. The minimum Gasteiger partial charge on any atom is -0.371 e. The number of anilines is 1. The second kappa shape index (κ2) is 8.49. The van der Waals surface area contributed by atoms with Gasteiger partial charge < -0.3 is 10.2 Å². The molecule has 1 aromatic rings. The molecule has 0 aromatic heterocycles. The maximum Gasteiger partial charge on any atom is 0.0374 e. The first kappa shape index (κ1) is 16.4. The fraction of sp³-hybridized carbons (Fsp3) is 0.625. The average Bonchev–Trinajstić information content (AvgIpc) is 2.42. The molecule has 0 heterocycles. The summed E-state index contributed by atoms with van der Waals surface area (Å²) >= 11 is 1.92. The number of nitrogens with one attached hydrogen (secondary N) is 1. The van der Waals surface area contributed by atoms with Crippen LogP contribution in [0.1, 0.15) is 31.4 Å². The van der Waals surface area contributed by atoms with Gasteiger partial charge in [-0.1, -0.05) is 19.9 Å². The molecule has 0 fully saturated rings. The molecule has 0 aliphatic carbocycles. The summed E-state index contributed by atoms with van der Waals surface area (Å²) < 4.78 is 0. The molecule has 0 saturated heterocycles. The molecule has 0 radical (unpaired) electrons. The van der Waals surface area contributed by atoms with Crippen LogP contribution in [0.2, 0.25) is 0 Å². The van der Waals surface area contributed by atoms with Crippen molar-refractivity contribution in [2.75, 3.05) is 30.5 Å². The molecular weight excluding hydrogens is 252 g/mol. The first-order chi connectivity index (χ1) is 9.13. The highest BCUT2D eigenvalue weighted by Crippen LogP contribution is 2.22. The second-order valence-corrected chi connectivity index (χ2v) is 5.93. The summed E-state index contributed by atoms with van der Waals surface area (Å²) in [7, 11) is 2.21. The van der Waals surface area contributed by atoms with Crippen molar-refractivity contribution in [2.24, 2.45) is 0 Å². The molecule has 0 aliphatic rings. The Morgan fingerprint density at radius 1 is 1.32 bits per heavy atom. The van der Waals surface area contributed by atoms with Gasteiger partial charge in [-0.2, -0.15) is 11.8 Å². The van der Waals surface area contributed by atoms with E-state index in [-0.39, 0.29) is 0 Å². The van der Waals surface area contributed by atoms with E-state index in [0.29, 0.717) is 6.04 Å². The van der Waals surface area contributed by atoms with E-state index in [1.807, 2.05) is 11.8 Å². The summed E-state index contributed by atoms with van der Waals surface area (Å²) in [5.74, 6) is 1.19. The van der Waals surface area contributed by atoms with E-state index >= 15 is 0 Å². The van der Waals surface area contributed by atoms with E-state index in [1.165, 1.54) is 29.0 Å². The van der Waals surface area contributed by atoms with Crippen LogP contribution in [0.4, 0.5) is 5.69 Å². The number of hydrogen-bond donors (Lipinski definition) is 1. The molecule has 19 heavy (non-hydrogen) atoms. The van der Waals surface area contributed by atoms with E-state index in [1.54, 1.807) is 0 Å². The van der Waals surface area contributed by atoms with Crippen LogP contribution in [0.15, 0.2) is 18.2 Å². The van der Waals surface area contributed by atoms with Gasteiger partial charge in [0.15, 0.2) is 0 Å². The molecule has 2 nitrogen and oxygen atoms in total. The normalized spacial score (nSPS) is 12.5. The maximum absolute atomic E-state index is 3.39. The number of nitrogens with zero attached hydrogens (tertiary/aromatic N) is 1. The Bertz CT molecular complexity index is 379. The highest BCUT2D eigenvalue weighted by molar-refractivity contribution is 7.98. The molecule has 0 spiro atoms. The lowest BCUT2D eigenvalue weighted by Crippen LogP contribution is -2.33. The Morgan fingerprint density at radius 2 is 2.05 bits per heavy atom. The SMILES string of the molecule is CCNCc1ccc(N(C)C(CC)CSC)cc1C. The molecule has 0 bridgehead atoms. The van der Waals surface area contributed by atoms with Gasteiger partial charge in [0.05, 0.1) is 0 Å². The summed E-state index contributed by atoms with van der Waals surface area (Å²) in [6.07, 6.45) is 3.37. The standard InChI is InChI=1S/C16H28N2S/c1-6-15(12-19-5)18(4)16-9-8-14(11-17-7-2)13(3)10-16/h8-10,15,17H,6-7,11-12H2,1-5H3. The van der Waals surface area contributed by atoms with Crippen molar-refractivity contribution in [2.45, 2.75) is 39.8 Å². The van der Waals surface area contributed by atoms with E-state index in [9.17, 15) is 0 Å². The number of hydrogen-bond acceptors (Lipinski definition) is 3. The molecule has 1 aromatic carbocycles. The average molecular weight is 280 g/mol. The Morgan fingerprint density at radius 3 is 2.58 bits per heavy atom. The zero-order valence-corrected chi connectivity index (χ0v) is 13.8. The smallest absolute Gasteiger partial charge is 0.0374 e. The number of aryl methyl sites for hydroxylation is 1. The van der Waals surface area contributed by atoms with Gasteiger partial charge in [-0.15, -0.1) is 0 Å². The highest BCUT2D eigenvalue weighted by atomic mass is 32.2. The second-order valence-electron chi connectivity index (χ2n) is 5.02. The molecule has 0 amide bonds. The van der Waals surface area contributed by atoms with E-state index in [2.05, 4.69) is 62.5 Å². The van der Waals surface area contributed by atoms with Crippen LogP contribution in [-0.2, 0) is 6.54 Å². The van der Waals surface area contributed by atoms with Crippen molar-refractivity contribution in [3.63, 3.8) is 0 Å². The lowest BCUT2D eigenvalue weighted by molar-refractivity contribution is 0.672. The molecule has 108 valence electrons. The van der Waals surface area contributed by atoms with Crippen LogP contribution >= 0.6 is 11.8 Å². The van der Waals surface area contributed by atoms with Gasteiger partial charge in [0.1, 0.15) is 0 Å². The predicted octanol–water partition coefficient (Wildman–Crippen LogP) is 3.68. The monoisotopic (exact) mass is 280 g/mol. The largest absolute Gasteiger partial charge is 0.371 e. The minimum atomic E-state index is 0.619. The molecule has 1 atom stereocenters. The summed E-state index contributed by atoms with van der Waals surface area (Å²) in [6.45, 7) is 8.61. The molecule has 3 heteroatoms. The minimum absolute atomic E-state index is 0.619. The Balaban J connectivity index is 2.81. The summed E-state index contributed by atoms with van der Waals surface area (Å²) in [5.41, 5.74) is 4.11. The van der Waals surface area contributed by atoms with Crippen LogP contribution in [0.3, 0.4) is 0 Å². The zero-order chi connectivity index (χ0) is 14.3. The molecular formula is C16H28N2S. The number of benzene rings is 1. The van der Waals surface area contributed by atoms with Crippen molar-refractivity contribution in [1.82, 2.24) is 5.32 Å². The van der Waals surface area contributed by atoms with Gasteiger partial charge in [0, 0.05) is 31.1 Å². The van der Waals surface area contributed by atoms with Crippen molar-refractivity contribution in [3.05, 3.63) is 29.3 Å². The molecule has 1 unspecified atom stereocenters. The topological polar surface area (TPSA) is 15.3 Å². The number of rotatable bonds is 8. The van der Waals surface area contributed by atoms with Crippen molar-refractivity contribution >= 4 is 17.4 Å². The van der Waals surface area contributed by atoms with Crippen molar-refractivity contribution < 1.29 is 0 Å². The van der Waals surface area contributed by atoms with Crippen LogP contribution in [0, 0.1) is 6.92 Å². The fourth-order valence-electron chi connectivity index (χ4n) is 2.26. The Kier molecular flexibility index (Phi) is 7.32. The first-order valence-electron chi connectivity index (χ1n) is 7.16. The van der Waals surface area contributed by atoms with Gasteiger partial charge in [0.25, 0.3) is 0 Å². The quantitative estimate of drug-likeness (QED) is 0.782. The lowest BCUT2D eigenvalue weighted by Gasteiger charge is -2.29. The summed E-state index contributed by atoms with van der Waals surface area (Å²) in [5, 5.41) is 3.39. The zero-order valence-electron chi connectivity index (χ0n) is 13.0. The van der Waals surface area contributed by atoms with E-state index in [0.717, 1.165) is 13.1 Å². The van der Waals surface area contributed by atoms with Crippen molar-refractivity contribution in [3.8, 4) is 0 Å².